The summed E-state index contributed by atoms with van der Waals surface area (Å²) in [4.78, 5) is 46.6. The molecule has 2 aromatic heterocycles. The van der Waals surface area contributed by atoms with Crippen LogP contribution in [0.2, 0.25) is 0 Å². The maximum atomic E-state index is 14.4. The first-order valence-corrected chi connectivity index (χ1v) is 13.0. The van der Waals surface area contributed by atoms with Crippen molar-refractivity contribution in [3.05, 3.63) is 64.4 Å². The van der Waals surface area contributed by atoms with Crippen LogP contribution in [0.4, 0.5) is 0 Å². The summed E-state index contributed by atoms with van der Waals surface area (Å²) in [7, 11) is 2.78. The highest BCUT2D eigenvalue weighted by Gasteiger charge is 2.67. The van der Waals surface area contributed by atoms with Crippen molar-refractivity contribution in [3.8, 4) is 5.75 Å². The summed E-state index contributed by atoms with van der Waals surface area (Å²) in [6.45, 7) is 7.56. The van der Waals surface area contributed by atoms with Crippen molar-refractivity contribution in [1.82, 2.24) is 19.7 Å². The molecule has 1 saturated heterocycles. The molecule has 0 saturated carbocycles. The SMILES string of the molecule is COC(=O)C1(C)CC(Cn2cccn2)(C(=O)O)N(C(=O)c2ccc(C(C)(C)C)c(OC)c2)C1c1nccs1. The Morgan fingerprint density at radius 2 is 1.95 bits per heavy atom. The van der Waals surface area contributed by atoms with Crippen molar-refractivity contribution in [3.63, 3.8) is 0 Å². The fourth-order valence-corrected chi connectivity index (χ4v) is 6.30. The molecule has 3 aromatic rings. The number of thiazole rings is 1. The summed E-state index contributed by atoms with van der Waals surface area (Å²) >= 11 is 1.25. The Bertz CT molecular complexity index is 1330. The van der Waals surface area contributed by atoms with Crippen LogP contribution in [0, 0.1) is 5.41 Å². The summed E-state index contributed by atoms with van der Waals surface area (Å²) in [5.41, 5.74) is -2.36. The number of aromatic nitrogens is 3. The molecule has 3 heterocycles. The average molecular weight is 541 g/mol. The van der Waals surface area contributed by atoms with Gasteiger partial charge in [0.05, 0.1) is 26.2 Å². The number of ether oxygens (including phenoxy) is 2. The van der Waals surface area contributed by atoms with Gasteiger partial charge in [-0.25, -0.2) is 9.78 Å². The molecular weight excluding hydrogens is 508 g/mol. The van der Waals surface area contributed by atoms with Gasteiger partial charge in [-0.05, 0) is 36.1 Å². The van der Waals surface area contributed by atoms with E-state index in [1.807, 2.05) is 26.8 Å². The number of methoxy groups -OCH3 is 2. The number of aliphatic carboxylic acids is 1. The Morgan fingerprint density at radius 3 is 2.47 bits per heavy atom. The third-order valence-electron chi connectivity index (χ3n) is 7.18. The van der Waals surface area contributed by atoms with Crippen LogP contribution in [0.1, 0.15) is 61.1 Å². The average Bonchev–Trinajstić information content (AvgIpc) is 3.63. The highest BCUT2D eigenvalue weighted by Crippen LogP contribution is 2.57. The Balaban J connectivity index is 1.96. The first kappa shape index (κ1) is 27.3. The fourth-order valence-electron chi connectivity index (χ4n) is 5.43. The zero-order chi connectivity index (χ0) is 27.9. The molecule has 0 radical (unpaired) electrons. The van der Waals surface area contributed by atoms with E-state index < -0.39 is 34.8 Å². The van der Waals surface area contributed by atoms with Crippen LogP contribution in [0.5, 0.6) is 5.75 Å². The number of carboxylic acid groups (broad SMARTS) is 1. The minimum atomic E-state index is -1.84. The molecule has 38 heavy (non-hydrogen) atoms. The van der Waals surface area contributed by atoms with Crippen molar-refractivity contribution in [2.24, 2.45) is 5.41 Å². The molecule has 11 heteroatoms. The zero-order valence-electron chi connectivity index (χ0n) is 22.3. The highest BCUT2D eigenvalue weighted by molar-refractivity contribution is 7.09. The van der Waals surface area contributed by atoms with E-state index in [1.54, 1.807) is 42.9 Å². The molecule has 1 amide bonds. The summed E-state index contributed by atoms with van der Waals surface area (Å²) in [5, 5.41) is 17.1. The van der Waals surface area contributed by atoms with Crippen LogP contribution in [0.25, 0.3) is 0 Å². The van der Waals surface area contributed by atoms with E-state index in [0.717, 1.165) is 5.56 Å². The first-order chi connectivity index (χ1) is 17.9. The van der Waals surface area contributed by atoms with Crippen LogP contribution < -0.4 is 4.74 Å². The van der Waals surface area contributed by atoms with E-state index in [4.69, 9.17) is 9.47 Å². The molecule has 0 spiro atoms. The Kier molecular flexibility index (Phi) is 7.09. The number of carbonyl (C=O) groups is 3. The molecule has 0 aliphatic carbocycles. The Hall–Kier alpha value is -3.73. The summed E-state index contributed by atoms with van der Waals surface area (Å²) in [6.07, 6.45) is 4.52. The van der Waals surface area contributed by atoms with E-state index in [-0.39, 0.29) is 23.9 Å². The van der Waals surface area contributed by atoms with Crippen molar-refractivity contribution in [2.75, 3.05) is 14.2 Å². The smallest absolute Gasteiger partial charge is 0.331 e. The Morgan fingerprint density at radius 1 is 1.21 bits per heavy atom. The number of rotatable bonds is 7. The van der Waals surface area contributed by atoms with Crippen molar-refractivity contribution < 1.29 is 29.0 Å². The van der Waals surface area contributed by atoms with E-state index in [2.05, 4.69) is 10.1 Å². The van der Waals surface area contributed by atoms with Crippen molar-refractivity contribution in [1.29, 1.82) is 0 Å². The van der Waals surface area contributed by atoms with Gasteiger partial charge in [0.2, 0.25) is 0 Å². The van der Waals surface area contributed by atoms with Gasteiger partial charge in [0, 0.05) is 36.0 Å². The molecule has 10 nitrogen and oxygen atoms in total. The van der Waals surface area contributed by atoms with Gasteiger partial charge in [-0.3, -0.25) is 14.3 Å². The number of likely N-dealkylation sites (tertiary alicyclic amines) is 1. The minimum absolute atomic E-state index is 0.174. The van der Waals surface area contributed by atoms with Gasteiger partial charge in [0.15, 0.2) is 5.54 Å². The lowest BCUT2D eigenvalue weighted by Gasteiger charge is -2.38. The van der Waals surface area contributed by atoms with Gasteiger partial charge in [0.25, 0.3) is 5.91 Å². The molecule has 1 aliphatic heterocycles. The predicted octanol–water partition coefficient (Wildman–Crippen LogP) is 3.94. The number of benzene rings is 1. The van der Waals surface area contributed by atoms with E-state index >= 15 is 0 Å². The zero-order valence-corrected chi connectivity index (χ0v) is 23.1. The second-order valence-electron chi connectivity index (χ2n) is 10.7. The number of hydrogen-bond acceptors (Lipinski definition) is 8. The van der Waals surface area contributed by atoms with Crippen LogP contribution in [0.15, 0.2) is 48.2 Å². The van der Waals surface area contributed by atoms with Gasteiger partial charge in [-0.1, -0.05) is 26.8 Å². The quantitative estimate of drug-likeness (QED) is 0.447. The second-order valence-corrected chi connectivity index (χ2v) is 11.7. The first-order valence-electron chi connectivity index (χ1n) is 12.1. The molecule has 1 aromatic carbocycles. The number of hydrogen-bond donors (Lipinski definition) is 1. The van der Waals surface area contributed by atoms with Crippen molar-refractivity contribution >= 4 is 29.2 Å². The minimum Gasteiger partial charge on any atom is -0.496 e. The molecule has 1 fully saturated rings. The predicted molar refractivity (Wildman–Crippen MR) is 140 cm³/mol. The monoisotopic (exact) mass is 540 g/mol. The molecule has 1 N–H and O–H groups in total. The van der Waals surface area contributed by atoms with E-state index in [1.165, 1.54) is 41.3 Å². The lowest BCUT2D eigenvalue weighted by Crippen LogP contribution is -2.56. The topological polar surface area (TPSA) is 124 Å². The maximum absolute atomic E-state index is 14.4. The second kappa shape index (κ2) is 9.86. The van der Waals surface area contributed by atoms with Crippen LogP contribution in [-0.4, -0.2) is 62.4 Å². The van der Waals surface area contributed by atoms with E-state index in [9.17, 15) is 19.5 Å². The summed E-state index contributed by atoms with van der Waals surface area (Å²) < 4.78 is 12.2. The van der Waals surface area contributed by atoms with Gasteiger partial charge in [-0.2, -0.15) is 5.10 Å². The van der Waals surface area contributed by atoms with Gasteiger partial charge in [-0.15, -0.1) is 11.3 Å². The summed E-state index contributed by atoms with van der Waals surface area (Å²) in [5.74, 6) is -1.93. The third-order valence-corrected chi connectivity index (χ3v) is 8.00. The van der Waals surface area contributed by atoms with Gasteiger partial charge in [0.1, 0.15) is 16.8 Å². The molecule has 3 unspecified atom stereocenters. The lowest BCUT2D eigenvalue weighted by molar-refractivity contribution is -0.153. The van der Waals surface area contributed by atoms with E-state index in [0.29, 0.717) is 10.8 Å². The van der Waals surface area contributed by atoms with Crippen molar-refractivity contribution in [2.45, 2.75) is 57.7 Å². The fraction of sp³-hybridized carbons (Fsp3) is 0.444. The number of esters is 1. The number of nitrogens with zero attached hydrogens (tertiary/aromatic N) is 4. The highest BCUT2D eigenvalue weighted by atomic mass is 32.1. The van der Waals surface area contributed by atoms with Crippen LogP contribution in [-0.2, 0) is 26.3 Å². The molecular formula is C27H32N4O6S. The Labute approximate surface area is 225 Å². The largest absolute Gasteiger partial charge is 0.496 e. The van der Waals surface area contributed by atoms with Crippen LogP contribution in [0.3, 0.4) is 0 Å². The third kappa shape index (κ3) is 4.44. The molecule has 202 valence electrons. The normalized spacial score (nSPS) is 23.3. The van der Waals surface area contributed by atoms with Gasteiger partial charge >= 0.3 is 11.9 Å². The number of amides is 1. The molecule has 3 atom stereocenters. The number of carbonyl (C=O) groups excluding carboxylic acids is 2. The lowest BCUT2D eigenvalue weighted by atomic mass is 9.78. The molecule has 4 rings (SSSR count). The molecule has 0 bridgehead atoms. The summed E-state index contributed by atoms with van der Waals surface area (Å²) in [6, 6.07) is 5.78. The standard InChI is InChI=1S/C27H32N4O6S/c1-25(2,3)18-9-8-17(14-19(18)36-5)22(32)31-20(21-28-11-13-38-21)26(4,24(35)37-6)15-27(31,23(33)34)16-30-12-7-10-29-30/h7-14,20H,15-16H2,1-6H3,(H,33,34). The van der Waals surface area contributed by atoms with Gasteiger partial charge < -0.3 is 19.5 Å². The number of carboxylic acids is 1. The maximum Gasteiger partial charge on any atom is 0.331 e. The van der Waals surface area contributed by atoms with Crippen LogP contribution >= 0.6 is 11.3 Å². The molecule has 1 aliphatic rings.